The van der Waals surface area contributed by atoms with Crippen LogP contribution in [0.1, 0.15) is 18.4 Å². The molecule has 0 aromatic heterocycles. The minimum atomic E-state index is -4.46. The quantitative estimate of drug-likeness (QED) is 0.930. The number of benzene rings is 1. The average Bonchev–Trinajstić information content (AvgIpc) is 2.45. The second kappa shape index (κ2) is 6.24. The van der Waals surface area contributed by atoms with Crippen molar-refractivity contribution < 1.29 is 27.8 Å². The van der Waals surface area contributed by atoms with Crippen LogP contribution in [0.3, 0.4) is 0 Å². The Hall–Kier alpha value is -1.92. The highest BCUT2D eigenvalue weighted by molar-refractivity contribution is 5.65. The molecule has 1 aliphatic heterocycles. The molecule has 1 aliphatic rings. The molecule has 0 aliphatic carbocycles. The summed E-state index contributed by atoms with van der Waals surface area (Å²) >= 11 is 0. The SMILES string of the molecule is O=C(O)N1CCCC(COc2ccccc2C(F)(F)F)C1. The zero-order valence-electron chi connectivity index (χ0n) is 11.3. The fourth-order valence-corrected chi connectivity index (χ4v) is 2.41. The molecule has 1 heterocycles. The lowest BCUT2D eigenvalue weighted by Gasteiger charge is -2.30. The molecule has 0 spiro atoms. The van der Waals surface area contributed by atoms with Gasteiger partial charge in [0.25, 0.3) is 0 Å². The van der Waals surface area contributed by atoms with Crippen molar-refractivity contribution >= 4 is 6.09 Å². The van der Waals surface area contributed by atoms with Gasteiger partial charge in [-0.2, -0.15) is 13.2 Å². The summed E-state index contributed by atoms with van der Waals surface area (Å²) in [7, 11) is 0. The molecule has 1 fully saturated rings. The predicted octanol–water partition coefficient (Wildman–Crippen LogP) is 3.47. The summed E-state index contributed by atoms with van der Waals surface area (Å²) in [6, 6.07) is 5.04. The third-order valence-electron chi connectivity index (χ3n) is 3.46. The van der Waals surface area contributed by atoms with Gasteiger partial charge < -0.3 is 14.7 Å². The maximum absolute atomic E-state index is 12.8. The summed E-state index contributed by atoms with van der Waals surface area (Å²) in [5.74, 6) is -0.298. The first-order valence-corrected chi connectivity index (χ1v) is 6.65. The van der Waals surface area contributed by atoms with Crippen LogP contribution >= 0.6 is 0 Å². The monoisotopic (exact) mass is 303 g/mol. The highest BCUT2D eigenvalue weighted by Crippen LogP contribution is 2.36. The van der Waals surface area contributed by atoms with E-state index in [0.717, 1.165) is 12.5 Å². The molecule has 0 radical (unpaired) electrons. The van der Waals surface area contributed by atoms with Crippen molar-refractivity contribution in [3.63, 3.8) is 0 Å². The first-order chi connectivity index (χ1) is 9.88. The van der Waals surface area contributed by atoms with Gasteiger partial charge in [0.15, 0.2) is 0 Å². The number of alkyl halides is 3. The van der Waals surface area contributed by atoms with Crippen LogP contribution in [0.5, 0.6) is 5.75 Å². The number of para-hydroxylation sites is 1. The second-order valence-corrected chi connectivity index (χ2v) is 5.04. The number of piperidine rings is 1. The van der Waals surface area contributed by atoms with E-state index in [4.69, 9.17) is 9.84 Å². The number of hydrogen-bond acceptors (Lipinski definition) is 2. The van der Waals surface area contributed by atoms with Crippen LogP contribution in [0.2, 0.25) is 0 Å². The van der Waals surface area contributed by atoms with Gasteiger partial charge in [-0.05, 0) is 25.0 Å². The van der Waals surface area contributed by atoms with Gasteiger partial charge in [-0.3, -0.25) is 0 Å². The lowest BCUT2D eigenvalue weighted by molar-refractivity contribution is -0.139. The molecule has 1 aromatic rings. The van der Waals surface area contributed by atoms with Crippen molar-refractivity contribution in [2.45, 2.75) is 19.0 Å². The number of likely N-dealkylation sites (tertiary alicyclic amines) is 1. The molecular formula is C14H16F3NO3. The Morgan fingerprint density at radius 3 is 2.76 bits per heavy atom. The third-order valence-corrected chi connectivity index (χ3v) is 3.46. The highest BCUT2D eigenvalue weighted by atomic mass is 19.4. The van der Waals surface area contributed by atoms with E-state index in [2.05, 4.69) is 0 Å². The Balaban J connectivity index is 1.99. The van der Waals surface area contributed by atoms with E-state index in [1.54, 1.807) is 0 Å². The van der Waals surface area contributed by atoms with E-state index in [1.165, 1.54) is 23.1 Å². The Labute approximate surface area is 120 Å². The number of ether oxygens (including phenoxy) is 1. The van der Waals surface area contributed by atoms with E-state index in [-0.39, 0.29) is 18.3 Å². The number of rotatable bonds is 3. The fraction of sp³-hybridized carbons (Fsp3) is 0.500. The summed E-state index contributed by atoms with van der Waals surface area (Å²) in [4.78, 5) is 12.2. The molecule has 4 nitrogen and oxygen atoms in total. The molecule has 1 atom stereocenters. The molecule has 1 aromatic carbocycles. The van der Waals surface area contributed by atoms with Gasteiger partial charge in [-0.15, -0.1) is 0 Å². The maximum Gasteiger partial charge on any atom is 0.419 e. The minimum Gasteiger partial charge on any atom is -0.493 e. The van der Waals surface area contributed by atoms with Crippen LogP contribution in [-0.4, -0.2) is 35.8 Å². The fourth-order valence-electron chi connectivity index (χ4n) is 2.41. The molecule has 0 bridgehead atoms. The molecule has 21 heavy (non-hydrogen) atoms. The Bertz CT molecular complexity index is 504. The molecule has 0 saturated carbocycles. The molecule has 1 amide bonds. The van der Waals surface area contributed by atoms with Crippen molar-refractivity contribution in [2.24, 2.45) is 5.92 Å². The second-order valence-electron chi connectivity index (χ2n) is 5.04. The standard InChI is InChI=1S/C14H16F3NO3/c15-14(16,17)11-5-1-2-6-12(11)21-9-10-4-3-7-18(8-10)13(19)20/h1-2,5-6,10H,3-4,7-9H2,(H,19,20). The van der Waals surface area contributed by atoms with Crippen molar-refractivity contribution in [1.82, 2.24) is 4.90 Å². The van der Waals surface area contributed by atoms with E-state index >= 15 is 0 Å². The molecule has 1 saturated heterocycles. The molecule has 1 unspecified atom stereocenters. The smallest absolute Gasteiger partial charge is 0.419 e. The number of carboxylic acid groups (broad SMARTS) is 1. The summed E-state index contributed by atoms with van der Waals surface area (Å²) in [5, 5.41) is 8.93. The highest BCUT2D eigenvalue weighted by Gasteiger charge is 2.34. The molecule has 7 heteroatoms. The minimum absolute atomic E-state index is 0.0802. The van der Waals surface area contributed by atoms with Gasteiger partial charge in [0, 0.05) is 19.0 Å². The summed E-state index contributed by atoms with van der Waals surface area (Å²) in [6.45, 7) is 0.839. The van der Waals surface area contributed by atoms with Gasteiger partial charge >= 0.3 is 12.3 Å². The van der Waals surface area contributed by atoms with Crippen molar-refractivity contribution in [3.8, 4) is 5.75 Å². The zero-order chi connectivity index (χ0) is 15.5. The van der Waals surface area contributed by atoms with Crippen molar-refractivity contribution in [3.05, 3.63) is 29.8 Å². The Kier molecular flexibility index (Phi) is 4.59. The van der Waals surface area contributed by atoms with Crippen LogP contribution in [-0.2, 0) is 6.18 Å². The van der Waals surface area contributed by atoms with Gasteiger partial charge in [0.1, 0.15) is 5.75 Å². The maximum atomic E-state index is 12.8. The first kappa shape index (κ1) is 15.5. The van der Waals surface area contributed by atoms with Gasteiger partial charge in [0.05, 0.1) is 12.2 Å². The van der Waals surface area contributed by atoms with Gasteiger partial charge in [-0.25, -0.2) is 4.79 Å². The lowest BCUT2D eigenvalue weighted by Crippen LogP contribution is -2.40. The van der Waals surface area contributed by atoms with Crippen LogP contribution in [0.15, 0.2) is 24.3 Å². The molecule has 2 rings (SSSR count). The summed E-state index contributed by atoms with van der Waals surface area (Å²) in [6.07, 6.45) is -4.02. The Morgan fingerprint density at radius 1 is 1.38 bits per heavy atom. The normalized spacial score (nSPS) is 19.4. The summed E-state index contributed by atoms with van der Waals surface area (Å²) < 4.78 is 43.7. The van der Waals surface area contributed by atoms with Crippen molar-refractivity contribution in [1.29, 1.82) is 0 Å². The molecule has 1 N–H and O–H groups in total. The largest absolute Gasteiger partial charge is 0.493 e. The number of nitrogens with zero attached hydrogens (tertiary/aromatic N) is 1. The van der Waals surface area contributed by atoms with Crippen molar-refractivity contribution in [2.75, 3.05) is 19.7 Å². The van der Waals surface area contributed by atoms with E-state index in [9.17, 15) is 18.0 Å². The predicted molar refractivity (Wildman–Crippen MR) is 69.3 cm³/mol. The van der Waals surface area contributed by atoms with E-state index < -0.39 is 17.8 Å². The molecular weight excluding hydrogens is 287 g/mol. The number of amides is 1. The lowest BCUT2D eigenvalue weighted by atomic mass is 9.99. The topological polar surface area (TPSA) is 49.8 Å². The van der Waals surface area contributed by atoms with Crippen LogP contribution < -0.4 is 4.74 Å². The number of hydrogen-bond donors (Lipinski definition) is 1. The Morgan fingerprint density at radius 2 is 2.10 bits per heavy atom. The van der Waals surface area contributed by atoms with E-state index in [0.29, 0.717) is 19.5 Å². The van der Waals surface area contributed by atoms with Gasteiger partial charge in [-0.1, -0.05) is 12.1 Å². The number of halogens is 3. The van der Waals surface area contributed by atoms with Crippen LogP contribution in [0, 0.1) is 5.92 Å². The number of carbonyl (C=O) groups is 1. The zero-order valence-corrected chi connectivity index (χ0v) is 11.3. The average molecular weight is 303 g/mol. The summed E-state index contributed by atoms with van der Waals surface area (Å²) in [5.41, 5.74) is -0.809. The van der Waals surface area contributed by atoms with E-state index in [1.807, 2.05) is 0 Å². The first-order valence-electron chi connectivity index (χ1n) is 6.65. The third kappa shape index (κ3) is 4.03. The van der Waals surface area contributed by atoms with Gasteiger partial charge in [0.2, 0.25) is 0 Å². The molecule has 116 valence electrons. The van der Waals surface area contributed by atoms with Crippen LogP contribution in [0.4, 0.5) is 18.0 Å². The van der Waals surface area contributed by atoms with Crippen LogP contribution in [0.25, 0.3) is 0 Å².